The number of nitrogens with zero attached hydrogens (tertiary/aromatic N) is 3. The summed E-state index contributed by atoms with van der Waals surface area (Å²) in [5.74, 6) is -0.790. The van der Waals surface area contributed by atoms with Gasteiger partial charge in [-0.15, -0.1) is 0 Å². The van der Waals surface area contributed by atoms with Gasteiger partial charge in [0.2, 0.25) is 0 Å². The Bertz CT molecular complexity index is 970. The Morgan fingerprint density at radius 1 is 1.20 bits per heavy atom. The smallest absolute Gasteiger partial charge is 0.295 e. The zero-order valence-corrected chi connectivity index (χ0v) is 17.8. The summed E-state index contributed by atoms with van der Waals surface area (Å²) in [5, 5.41) is 11.1. The average molecular weight is 409 g/mol. The monoisotopic (exact) mass is 409 g/mol. The van der Waals surface area contributed by atoms with Crippen molar-refractivity contribution >= 4 is 17.4 Å². The molecule has 0 radical (unpaired) electrons. The molecular weight excluding hydrogens is 382 g/mol. The first-order chi connectivity index (χ1) is 14.3. The van der Waals surface area contributed by atoms with Crippen molar-refractivity contribution in [2.45, 2.75) is 19.4 Å². The van der Waals surface area contributed by atoms with E-state index in [1.165, 1.54) is 0 Å². The van der Waals surface area contributed by atoms with Crippen molar-refractivity contribution in [3.05, 3.63) is 65.0 Å². The van der Waals surface area contributed by atoms with Crippen molar-refractivity contribution in [2.75, 3.05) is 34.3 Å². The first-order valence-electron chi connectivity index (χ1n) is 9.83. The van der Waals surface area contributed by atoms with Crippen LogP contribution in [0.25, 0.3) is 5.76 Å². The molecule has 1 aliphatic heterocycles. The lowest BCUT2D eigenvalue weighted by molar-refractivity contribution is -0.139. The number of pyridine rings is 1. The Kier molecular flexibility index (Phi) is 6.52. The van der Waals surface area contributed by atoms with Crippen LogP contribution in [0.3, 0.4) is 0 Å². The molecule has 1 aromatic carbocycles. The molecule has 1 saturated heterocycles. The second kappa shape index (κ2) is 9.09. The van der Waals surface area contributed by atoms with Gasteiger partial charge in [0, 0.05) is 24.5 Å². The molecule has 0 bridgehead atoms. The fraction of sp³-hybridized carbons (Fsp3) is 0.348. The lowest BCUT2D eigenvalue weighted by Gasteiger charge is -2.26. The lowest BCUT2D eigenvalue weighted by Crippen LogP contribution is -2.32. The summed E-state index contributed by atoms with van der Waals surface area (Å²) < 4.78 is 5.23. The molecular formula is C23H27N3O4. The molecule has 1 aliphatic rings. The van der Waals surface area contributed by atoms with E-state index in [2.05, 4.69) is 4.98 Å². The molecule has 2 aromatic rings. The fourth-order valence-electron chi connectivity index (χ4n) is 3.73. The molecule has 0 spiro atoms. The van der Waals surface area contributed by atoms with Crippen molar-refractivity contribution in [2.24, 2.45) is 0 Å². The molecule has 1 fully saturated rings. The van der Waals surface area contributed by atoms with E-state index in [4.69, 9.17) is 4.74 Å². The second-order valence-corrected chi connectivity index (χ2v) is 7.61. The molecule has 7 nitrogen and oxygen atoms in total. The molecule has 1 amide bonds. The summed E-state index contributed by atoms with van der Waals surface area (Å²) in [4.78, 5) is 33.5. The van der Waals surface area contributed by atoms with E-state index in [-0.39, 0.29) is 11.3 Å². The number of benzene rings is 1. The SMILES string of the molecule is COc1ccc(/C(O)=C2\C(=O)C(=O)N(CCCN(C)C)[C@H]2c2ccncc2)c(C)c1. The highest BCUT2D eigenvalue weighted by Crippen LogP contribution is 2.40. The Balaban J connectivity index is 2.09. The molecule has 1 aromatic heterocycles. The number of hydrogen-bond donors (Lipinski definition) is 1. The van der Waals surface area contributed by atoms with Crippen molar-refractivity contribution in [1.29, 1.82) is 0 Å². The van der Waals surface area contributed by atoms with Crippen molar-refractivity contribution in [1.82, 2.24) is 14.8 Å². The van der Waals surface area contributed by atoms with Gasteiger partial charge < -0.3 is 19.6 Å². The maximum atomic E-state index is 13.0. The lowest BCUT2D eigenvalue weighted by atomic mass is 9.94. The van der Waals surface area contributed by atoms with Crippen molar-refractivity contribution in [3.63, 3.8) is 0 Å². The van der Waals surface area contributed by atoms with E-state index in [0.29, 0.717) is 24.3 Å². The number of likely N-dealkylation sites (tertiary alicyclic amines) is 1. The Morgan fingerprint density at radius 3 is 2.50 bits per heavy atom. The molecule has 0 unspecified atom stereocenters. The Hall–Kier alpha value is -3.19. The number of amides is 1. The van der Waals surface area contributed by atoms with E-state index >= 15 is 0 Å². The fourth-order valence-corrected chi connectivity index (χ4v) is 3.73. The maximum absolute atomic E-state index is 13.0. The van der Waals surface area contributed by atoms with Crippen LogP contribution in [-0.2, 0) is 9.59 Å². The number of hydrogen-bond acceptors (Lipinski definition) is 6. The summed E-state index contributed by atoms with van der Waals surface area (Å²) in [6.45, 7) is 3.02. The van der Waals surface area contributed by atoms with Crippen LogP contribution in [0.4, 0.5) is 0 Å². The van der Waals surface area contributed by atoms with Gasteiger partial charge in [-0.2, -0.15) is 0 Å². The molecule has 0 saturated carbocycles. The van der Waals surface area contributed by atoms with Crippen LogP contribution in [0.1, 0.15) is 29.2 Å². The molecule has 0 aliphatic carbocycles. The summed E-state index contributed by atoms with van der Waals surface area (Å²) in [6.07, 6.45) is 3.95. The highest BCUT2D eigenvalue weighted by atomic mass is 16.5. The quantitative estimate of drug-likeness (QED) is 0.430. The number of ketones is 1. The van der Waals surface area contributed by atoms with Crippen LogP contribution < -0.4 is 4.74 Å². The van der Waals surface area contributed by atoms with Gasteiger partial charge in [-0.05, 0) is 75.4 Å². The maximum Gasteiger partial charge on any atom is 0.295 e. The zero-order valence-electron chi connectivity index (χ0n) is 17.8. The largest absolute Gasteiger partial charge is 0.507 e. The Labute approximate surface area is 176 Å². The molecule has 158 valence electrons. The molecule has 1 atom stereocenters. The van der Waals surface area contributed by atoms with Gasteiger partial charge in [0.15, 0.2) is 0 Å². The number of carbonyl (C=O) groups is 2. The molecule has 2 heterocycles. The number of aliphatic hydroxyl groups is 1. The van der Waals surface area contributed by atoms with E-state index in [9.17, 15) is 14.7 Å². The van der Waals surface area contributed by atoms with Crippen molar-refractivity contribution < 1.29 is 19.4 Å². The number of rotatable bonds is 7. The minimum atomic E-state index is -0.672. The predicted octanol–water partition coefficient (Wildman–Crippen LogP) is 2.77. The van der Waals surface area contributed by atoms with Gasteiger partial charge in [0.1, 0.15) is 11.5 Å². The topological polar surface area (TPSA) is 83.0 Å². The standard InChI is InChI=1S/C23H27N3O4/c1-15-14-17(30-4)6-7-18(15)21(27)19-20(16-8-10-24-11-9-16)26(23(29)22(19)28)13-5-12-25(2)3/h6-11,14,20,27H,5,12-13H2,1-4H3/b21-19+/t20-/m0/s1. The van der Waals surface area contributed by atoms with Gasteiger partial charge in [-0.25, -0.2) is 0 Å². The number of Topliss-reactive ketones (excluding diaryl/α,β-unsaturated/α-hetero) is 1. The highest BCUT2D eigenvalue weighted by molar-refractivity contribution is 6.46. The van der Waals surface area contributed by atoms with Gasteiger partial charge >= 0.3 is 0 Å². The van der Waals surface area contributed by atoms with Crippen LogP contribution in [0.5, 0.6) is 5.75 Å². The first kappa shape index (κ1) is 21.5. The van der Waals surface area contributed by atoms with E-state index < -0.39 is 17.7 Å². The third-order valence-electron chi connectivity index (χ3n) is 5.25. The number of aryl methyl sites for hydroxylation is 1. The van der Waals surface area contributed by atoms with Gasteiger partial charge in [0.25, 0.3) is 11.7 Å². The molecule has 1 N–H and O–H groups in total. The highest BCUT2D eigenvalue weighted by Gasteiger charge is 2.45. The van der Waals surface area contributed by atoms with Gasteiger partial charge in [0.05, 0.1) is 18.7 Å². The molecule has 7 heteroatoms. The van der Waals surface area contributed by atoms with E-state index in [1.807, 2.05) is 25.9 Å². The van der Waals surface area contributed by atoms with Gasteiger partial charge in [-0.3, -0.25) is 14.6 Å². The third kappa shape index (κ3) is 4.21. The average Bonchev–Trinajstić information content (AvgIpc) is 2.98. The number of ether oxygens (including phenoxy) is 1. The number of aliphatic hydroxyl groups excluding tert-OH is 1. The number of aromatic nitrogens is 1. The normalized spacial score (nSPS) is 18.3. The van der Waals surface area contributed by atoms with Crippen LogP contribution in [0.15, 0.2) is 48.3 Å². The van der Waals surface area contributed by atoms with E-state index in [0.717, 1.165) is 17.7 Å². The summed E-state index contributed by atoms with van der Waals surface area (Å²) in [7, 11) is 5.48. The molecule has 3 rings (SSSR count). The second-order valence-electron chi connectivity index (χ2n) is 7.61. The predicted molar refractivity (Wildman–Crippen MR) is 114 cm³/mol. The minimum Gasteiger partial charge on any atom is -0.507 e. The van der Waals surface area contributed by atoms with Crippen LogP contribution in [0, 0.1) is 6.92 Å². The van der Waals surface area contributed by atoms with Crippen molar-refractivity contribution in [3.8, 4) is 5.75 Å². The summed E-state index contributed by atoms with van der Waals surface area (Å²) >= 11 is 0. The molecule has 30 heavy (non-hydrogen) atoms. The Morgan fingerprint density at radius 2 is 1.90 bits per heavy atom. The third-order valence-corrected chi connectivity index (χ3v) is 5.25. The zero-order chi connectivity index (χ0) is 21.8. The van der Waals surface area contributed by atoms with Crippen LogP contribution >= 0.6 is 0 Å². The first-order valence-corrected chi connectivity index (χ1v) is 9.83. The van der Waals surface area contributed by atoms with Crippen LogP contribution in [-0.4, -0.2) is 65.9 Å². The summed E-state index contributed by atoms with van der Waals surface area (Å²) in [6, 6.07) is 8.08. The number of carbonyl (C=O) groups excluding carboxylic acids is 2. The van der Waals surface area contributed by atoms with Crippen LogP contribution in [0.2, 0.25) is 0 Å². The minimum absolute atomic E-state index is 0.101. The van der Waals surface area contributed by atoms with E-state index in [1.54, 1.807) is 54.7 Å². The number of methoxy groups -OCH3 is 1. The summed E-state index contributed by atoms with van der Waals surface area (Å²) in [5.41, 5.74) is 2.09. The van der Waals surface area contributed by atoms with Gasteiger partial charge in [-0.1, -0.05) is 0 Å².